The van der Waals surface area contributed by atoms with E-state index in [0.717, 1.165) is 18.4 Å². The fourth-order valence-electron chi connectivity index (χ4n) is 5.04. The largest absolute Gasteiger partial charge is 0.496 e. The monoisotopic (exact) mass is 489 g/mol. The molecular weight excluding hydrogens is 454 g/mol. The molecule has 0 spiro atoms. The summed E-state index contributed by atoms with van der Waals surface area (Å²) in [4.78, 5) is 26.3. The van der Waals surface area contributed by atoms with Gasteiger partial charge in [0.15, 0.2) is 11.5 Å². The van der Waals surface area contributed by atoms with E-state index >= 15 is 0 Å². The summed E-state index contributed by atoms with van der Waals surface area (Å²) in [6.07, 6.45) is 2.17. The predicted octanol–water partition coefficient (Wildman–Crippen LogP) is 6.12. The Morgan fingerprint density at radius 1 is 0.889 bits per heavy atom. The highest BCUT2D eigenvalue weighted by molar-refractivity contribution is 6.09. The van der Waals surface area contributed by atoms with Gasteiger partial charge in [-0.1, -0.05) is 39.8 Å². The van der Waals surface area contributed by atoms with Crippen LogP contribution in [0.5, 0.6) is 11.5 Å². The molecule has 0 aliphatic heterocycles. The Bertz CT molecular complexity index is 1290. The molecule has 1 N–H and O–H groups in total. The molecule has 0 atom stereocenters. The van der Waals surface area contributed by atoms with Gasteiger partial charge >= 0.3 is 0 Å². The van der Waals surface area contributed by atoms with Crippen LogP contribution >= 0.6 is 0 Å². The lowest BCUT2D eigenvalue weighted by Gasteiger charge is -2.42. The SMILES string of the molecule is COc1cccc(OC)c1CNC(=O)c1ccc(C(=O)c2cc3c(cc2C)C(C)(C)CCC3(C)C)o1. The first-order chi connectivity index (χ1) is 17.0. The van der Waals surface area contributed by atoms with Crippen molar-refractivity contribution >= 4 is 11.7 Å². The van der Waals surface area contributed by atoms with Gasteiger partial charge in [0.1, 0.15) is 11.5 Å². The van der Waals surface area contributed by atoms with Gasteiger partial charge in [-0.15, -0.1) is 0 Å². The Hall–Kier alpha value is -3.54. The van der Waals surface area contributed by atoms with Crippen molar-refractivity contribution in [1.82, 2.24) is 5.32 Å². The zero-order chi connectivity index (χ0) is 26.3. The maximum Gasteiger partial charge on any atom is 0.287 e. The van der Waals surface area contributed by atoms with Crippen LogP contribution in [0.4, 0.5) is 0 Å². The quantitative estimate of drug-likeness (QED) is 0.405. The van der Waals surface area contributed by atoms with Crippen molar-refractivity contribution in [3.63, 3.8) is 0 Å². The van der Waals surface area contributed by atoms with Crippen molar-refractivity contribution in [2.75, 3.05) is 14.2 Å². The van der Waals surface area contributed by atoms with E-state index in [1.807, 2.05) is 19.1 Å². The molecular formula is C30H35NO5. The molecule has 190 valence electrons. The van der Waals surface area contributed by atoms with Crippen LogP contribution in [-0.2, 0) is 17.4 Å². The van der Waals surface area contributed by atoms with Crippen LogP contribution in [0.25, 0.3) is 0 Å². The van der Waals surface area contributed by atoms with Gasteiger partial charge in [-0.2, -0.15) is 0 Å². The summed E-state index contributed by atoms with van der Waals surface area (Å²) in [5.74, 6) is 0.792. The number of aryl methyl sites for hydroxylation is 1. The number of fused-ring (bicyclic) bond motifs is 1. The Kier molecular flexibility index (Phi) is 6.74. The fourth-order valence-corrected chi connectivity index (χ4v) is 5.04. The molecule has 1 aliphatic rings. The van der Waals surface area contributed by atoms with Crippen LogP contribution in [0.2, 0.25) is 0 Å². The molecule has 6 heteroatoms. The Morgan fingerprint density at radius 2 is 1.44 bits per heavy atom. The number of carbonyl (C=O) groups is 2. The van der Waals surface area contributed by atoms with Crippen molar-refractivity contribution in [3.05, 3.63) is 81.8 Å². The maximum absolute atomic E-state index is 13.4. The first kappa shape index (κ1) is 25.5. The summed E-state index contributed by atoms with van der Waals surface area (Å²) in [6, 6.07) is 12.7. The van der Waals surface area contributed by atoms with Gasteiger partial charge in [0.25, 0.3) is 5.91 Å². The second kappa shape index (κ2) is 9.49. The molecule has 1 amide bonds. The molecule has 1 aliphatic carbocycles. The number of ether oxygens (including phenoxy) is 2. The Labute approximate surface area is 213 Å². The number of furan rings is 1. The molecule has 1 heterocycles. The molecule has 2 aromatic carbocycles. The van der Waals surface area contributed by atoms with Gasteiger partial charge in [0, 0.05) is 5.56 Å². The van der Waals surface area contributed by atoms with Crippen molar-refractivity contribution in [2.45, 2.75) is 64.8 Å². The number of rotatable bonds is 7. The molecule has 0 unspecified atom stereocenters. The van der Waals surface area contributed by atoms with Gasteiger partial charge in [-0.3, -0.25) is 9.59 Å². The Balaban J connectivity index is 1.56. The predicted molar refractivity (Wildman–Crippen MR) is 139 cm³/mol. The second-order valence-electron chi connectivity index (χ2n) is 10.8. The number of benzene rings is 2. The van der Waals surface area contributed by atoms with E-state index in [2.05, 4.69) is 39.1 Å². The number of ketones is 1. The number of carbonyl (C=O) groups excluding carboxylic acids is 2. The molecule has 0 saturated carbocycles. The summed E-state index contributed by atoms with van der Waals surface area (Å²) in [7, 11) is 3.13. The summed E-state index contributed by atoms with van der Waals surface area (Å²) < 4.78 is 16.5. The highest BCUT2D eigenvalue weighted by Crippen LogP contribution is 2.46. The van der Waals surface area contributed by atoms with E-state index in [1.54, 1.807) is 32.4 Å². The van der Waals surface area contributed by atoms with Crippen LogP contribution in [0.1, 0.15) is 89.5 Å². The van der Waals surface area contributed by atoms with Crippen LogP contribution in [0.3, 0.4) is 0 Å². The van der Waals surface area contributed by atoms with Crippen LogP contribution in [0.15, 0.2) is 46.9 Å². The van der Waals surface area contributed by atoms with E-state index in [4.69, 9.17) is 13.9 Å². The minimum absolute atomic E-state index is 0.0126. The van der Waals surface area contributed by atoms with E-state index in [1.165, 1.54) is 17.2 Å². The normalized spacial score (nSPS) is 15.6. The minimum atomic E-state index is -0.424. The summed E-state index contributed by atoms with van der Waals surface area (Å²) in [5.41, 5.74) is 4.81. The molecule has 36 heavy (non-hydrogen) atoms. The molecule has 0 saturated heterocycles. The molecule has 3 aromatic rings. The first-order valence-corrected chi connectivity index (χ1v) is 12.3. The third-order valence-corrected chi connectivity index (χ3v) is 7.45. The molecule has 6 nitrogen and oxygen atoms in total. The zero-order valence-corrected chi connectivity index (χ0v) is 22.2. The number of methoxy groups -OCH3 is 2. The summed E-state index contributed by atoms with van der Waals surface area (Å²) in [6.45, 7) is 11.1. The number of hydrogen-bond acceptors (Lipinski definition) is 5. The molecule has 0 radical (unpaired) electrons. The highest BCUT2D eigenvalue weighted by Gasteiger charge is 2.38. The van der Waals surface area contributed by atoms with E-state index in [-0.39, 0.29) is 34.7 Å². The fraction of sp³-hybridized carbons (Fsp3) is 0.400. The maximum atomic E-state index is 13.4. The zero-order valence-electron chi connectivity index (χ0n) is 22.2. The van der Waals surface area contributed by atoms with Gasteiger partial charge in [-0.05, 0) is 77.6 Å². The van der Waals surface area contributed by atoms with E-state index in [9.17, 15) is 9.59 Å². The number of nitrogens with one attached hydrogen (secondary N) is 1. The van der Waals surface area contributed by atoms with Crippen molar-refractivity contribution in [2.24, 2.45) is 0 Å². The van der Waals surface area contributed by atoms with Crippen molar-refractivity contribution in [1.29, 1.82) is 0 Å². The van der Waals surface area contributed by atoms with E-state index in [0.29, 0.717) is 22.6 Å². The minimum Gasteiger partial charge on any atom is -0.496 e. The lowest BCUT2D eigenvalue weighted by molar-refractivity contribution is 0.0916. The van der Waals surface area contributed by atoms with Crippen molar-refractivity contribution in [3.8, 4) is 11.5 Å². The van der Waals surface area contributed by atoms with Gasteiger partial charge < -0.3 is 19.2 Å². The smallest absolute Gasteiger partial charge is 0.287 e. The van der Waals surface area contributed by atoms with E-state index < -0.39 is 5.91 Å². The average Bonchev–Trinajstić information content (AvgIpc) is 3.35. The van der Waals surface area contributed by atoms with Crippen LogP contribution in [0, 0.1) is 6.92 Å². The second-order valence-corrected chi connectivity index (χ2v) is 10.8. The third-order valence-electron chi connectivity index (χ3n) is 7.45. The van der Waals surface area contributed by atoms with Gasteiger partial charge in [0.2, 0.25) is 5.78 Å². The molecule has 1 aromatic heterocycles. The molecule has 0 fully saturated rings. The summed E-state index contributed by atoms with van der Waals surface area (Å²) >= 11 is 0. The van der Waals surface area contributed by atoms with Crippen LogP contribution < -0.4 is 14.8 Å². The third kappa shape index (κ3) is 4.64. The molecule has 0 bridgehead atoms. The lowest BCUT2D eigenvalue weighted by atomic mass is 9.62. The lowest BCUT2D eigenvalue weighted by Crippen LogP contribution is -2.34. The van der Waals surface area contributed by atoms with Crippen molar-refractivity contribution < 1.29 is 23.5 Å². The summed E-state index contributed by atoms with van der Waals surface area (Å²) in [5, 5.41) is 2.82. The number of amides is 1. The molecule has 4 rings (SSSR count). The number of hydrogen-bond donors (Lipinski definition) is 1. The topological polar surface area (TPSA) is 77.8 Å². The van der Waals surface area contributed by atoms with Gasteiger partial charge in [0.05, 0.1) is 26.3 Å². The Morgan fingerprint density at radius 3 is 2.03 bits per heavy atom. The standard InChI is InChI=1S/C30H35NO5/c1-18-15-21-22(30(4,5)14-13-29(21,2)3)16-19(18)27(32)25-11-12-26(36-25)28(33)31-17-20-23(34-6)9-8-10-24(20)35-7/h8-12,15-16H,13-14,17H2,1-7H3,(H,31,33). The average molecular weight is 490 g/mol. The first-order valence-electron chi connectivity index (χ1n) is 12.3. The van der Waals surface area contributed by atoms with Crippen LogP contribution in [-0.4, -0.2) is 25.9 Å². The van der Waals surface area contributed by atoms with Gasteiger partial charge in [-0.25, -0.2) is 0 Å². The highest BCUT2D eigenvalue weighted by atomic mass is 16.5.